The summed E-state index contributed by atoms with van der Waals surface area (Å²) in [7, 11) is 1.62. The number of benzene rings is 1. The number of ether oxygens (including phenoxy) is 1. The van der Waals surface area contributed by atoms with E-state index in [1.165, 1.54) is 12.8 Å². The Balaban J connectivity index is 0.00000192. The fraction of sp³-hybridized carbons (Fsp3) is 0.588. The van der Waals surface area contributed by atoms with Crippen molar-refractivity contribution in [2.45, 2.75) is 38.3 Å². The molecule has 2 aliphatic rings. The van der Waals surface area contributed by atoms with Crippen LogP contribution < -0.4 is 15.4 Å². The highest BCUT2D eigenvalue weighted by Gasteiger charge is 2.29. The van der Waals surface area contributed by atoms with E-state index in [9.17, 15) is 4.79 Å². The van der Waals surface area contributed by atoms with Gasteiger partial charge in [0.05, 0.1) is 19.3 Å². The van der Waals surface area contributed by atoms with Crippen molar-refractivity contribution in [3.63, 3.8) is 0 Å². The molecule has 0 aliphatic carbocycles. The number of aryl methyl sites for hydroxylation is 1. The lowest BCUT2D eigenvalue weighted by Crippen LogP contribution is -2.39. The van der Waals surface area contributed by atoms with Gasteiger partial charge in [-0.15, -0.1) is 12.4 Å². The number of nitrogens with one attached hydrogen (secondary N) is 2. The highest BCUT2D eigenvalue weighted by Crippen LogP contribution is 2.25. The van der Waals surface area contributed by atoms with E-state index in [4.69, 9.17) is 4.74 Å². The van der Waals surface area contributed by atoms with Crippen molar-refractivity contribution in [1.82, 2.24) is 10.2 Å². The Morgan fingerprint density at radius 3 is 2.91 bits per heavy atom. The Morgan fingerprint density at radius 2 is 2.13 bits per heavy atom. The summed E-state index contributed by atoms with van der Waals surface area (Å²) < 4.78 is 5.31. The molecule has 0 spiro atoms. The number of hydrogen-bond donors (Lipinski definition) is 2. The number of amides is 1. The number of carbonyl (C=O) groups excluding carboxylic acids is 1. The van der Waals surface area contributed by atoms with Gasteiger partial charge in [-0.25, -0.2) is 0 Å². The number of nitrogens with zero attached hydrogens (tertiary/aromatic N) is 1. The molecule has 1 amide bonds. The smallest absolute Gasteiger partial charge is 0.238 e. The van der Waals surface area contributed by atoms with Crippen LogP contribution in [0.15, 0.2) is 18.2 Å². The Kier molecular flexibility index (Phi) is 6.27. The minimum Gasteiger partial charge on any atom is -0.495 e. The average molecular weight is 340 g/mol. The van der Waals surface area contributed by atoms with E-state index < -0.39 is 0 Å². The molecule has 5 nitrogen and oxygen atoms in total. The molecule has 2 unspecified atom stereocenters. The second-order valence-corrected chi connectivity index (χ2v) is 6.41. The minimum absolute atomic E-state index is 0. The number of likely N-dealkylation sites (tertiary alicyclic amines) is 1. The van der Waals surface area contributed by atoms with Crippen molar-refractivity contribution in [1.29, 1.82) is 0 Å². The van der Waals surface area contributed by atoms with Crippen molar-refractivity contribution in [2.24, 2.45) is 0 Å². The average Bonchev–Trinajstić information content (AvgIpc) is 2.82. The highest BCUT2D eigenvalue weighted by molar-refractivity contribution is 5.93. The molecule has 0 radical (unpaired) electrons. The van der Waals surface area contributed by atoms with Gasteiger partial charge in [0.1, 0.15) is 5.75 Å². The lowest BCUT2D eigenvalue weighted by Gasteiger charge is -2.23. The SMILES string of the molecule is COc1ccc(C)cc1NC(=O)CN1CCC2CCC(C1)N2.Cl. The third-order valence-corrected chi connectivity index (χ3v) is 4.60. The summed E-state index contributed by atoms with van der Waals surface area (Å²) in [6, 6.07) is 7.01. The lowest BCUT2D eigenvalue weighted by molar-refractivity contribution is -0.117. The molecule has 2 aliphatic heterocycles. The molecule has 2 atom stereocenters. The molecule has 2 N–H and O–H groups in total. The summed E-state index contributed by atoms with van der Waals surface area (Å²) in [6.07, 6.45) is 3.65. The van der Waals surface area contributed by atoms with Crippen molar-refractivity contribution < 1.29 is 9.53 Å². The standard InChI is InChI=1S/C17H25N3O2.ClH/c1-12-3-6-16(22-2)15(9-12)19-17(21)11-20-8-7-13-4-5-14(10-20)18-13;/h3,6,9,13-14,18H,4-5,7-8,10-11H2,1-2H3,(H,19,21);1H. The van der Waals surface area contributed by atoms with Crippen LogP contribution in [0.5, 0.6) is 5.75 Å². The van der Waals surface area contributed by atoms with Crippen LogP contribution in [-0.4, -0.2) is 49.6 Å². The number of halogens is 1. The molecule has 128 valence electrons. The predicted octanol–water partition coefficient (Wildman–Crippen LogP) is 2.19. The molecule has 6 heteroatoms. The first-order valence-corrected chi connectivity index (χ1v) is 8.07. The van der Waals surface area contributed by atoms with Gasteiger partial charge in [-0.05, 0) is 43.9 Å². The minimum atomic E-state index is 0. The second-order valence-electron chi connectivity index (χ2n) is 6.41. The van der Waals surface area contributed by atoms with Crippen molar-refractivity contribution in [3.8, 4) is 5.75 Å². The van der Waals surface area contributed by atoms with Gasteiger partial charge in [-0.2, -0.15) is 0 Å². The predicted molar refractivity (Wildman–Crippen MR) is 94.6 cm³/mol. The van der Waals surface area contributed by atoms with Crippen molar-refractivity contribution >= 4 is 24.0 Å². The fourth-order valence-corrected chi connectivity index (χ4v) is 3.47. The Labute approximate surface area is 144 Å². The van der Waals surface area contributed by atoms with Gasteiger partial charge in [0, 0.05) is 25.2 Å². The van der Waals surface area contributed by atoms with E-state index in [0.717, 1.165) is 30.8 Å². The lowest BCUT2D eigenvalue weighted by atomic mass is 10.1. The topological polar surface area (TPSA) is 53.6 Å². The molecule has 1 aromatic rings. The third kappa shape index (κ3) is 4.59. The Bertz CT molecular complexity index is 553. The maximum Gasteiger partial charge on any atom is 0.238 e. The number of methoxy groups -OCH3 is 1. The maximum absolute atomic E-state index is 12.3. The number of fused-ring (bicyclic) bond motifs is 2. The van der Waals surface area contributed by atoms with Gasteiger partial charge in [-0.1, -0.05) is 6.07 Å². The summed E-state index contributed by atoms with van der Waals surface area (Å²) in [5, 5.41) is 6.63. The fourth-order valence-electron chi connectivity index (χ4n) is 3.47. The van der Waals surface area contributed by atoms with Crippen LogP contribution in [-0.2, 0) is 4.79 Å². The first-order valence-electron chi connectivity index (χ1n) is 8.07. The second kappa shape index (κ2) is 7.99. The summed E-state index contributed by atoms with van der Waals surface area (Å²) in [5.74, 6) is 0.734. The molecule has 1 aromatic carbocycles. The Morgan fingerprint density at radius 1 is 1.35 bits per heavy atom. The van der Waals surface area contributed by atoms with E-state index >= 15 is 0 Å². The number of anilines is 1. The van der Waals surface area contributed by atoms with Crippen LogP contribution in [0.1, 0.15) is 24.8 Å². The van der Waals surface area contributed by atoms with Gasteiger partial charge < -0.3 is 15.4 Å². The number of carbonyl (C=O) groups is 1. The van der Waals surface area contributed by atoms with Crippen LogP contribution in [0.3, 0.4) is 0 Å². The zero-order chi connectivity index (χ0) is 15.5. The van der Waals surface area contributed by atoms with Gasteiger partial charge >= 0.3 is 0 Å². The molecule has 0 aromatic heterocycles. The normalized spacial score (nSPS) is 23.7. The van der Waals surface area contributed by atoms with Crippen LogP contribution in [0, 0.1) is 6.92 Å². The van der Waals surface area contributed by atoms with Gasteiger partial charge in [0.15, 0.2) is 0 Å². The first kappa shape index (κ1) is 18.0. The van der Waals surface area contributed by atoms with Crippen LogP contribution in [0.25, 0.3) is 0 Å². The van der Waals surface area contributed by atoms with Crippen molar-refractivity contribution in [2.75, 3.05) is 32.1 Å². The molecule has 3 rings (SSSR count). The summed E-state index contributed by atoms with van der Waals surface area (Å²) in [4.78, 5) is 14.6. The highest BCUT2D eigenvalue weighted by atomic mass is 35.5. The zero-order valence-electron chi connectivity index (χ0n) is 13.8. The quantitative estimate of drug-likeness (QED) is 0.883. The molecular weight excluding hydrogens is 314 g/mol. The van der Waals surface area contributed by atoms with E-state index in [0.29, 0.717) is 24.4 Å². The van der Waals surface area contributed by atoms with E-state index in [-0.39, 0.29) is 18.3 Å². The summed E-state index contributed by atoms with van der Waals surface area (Å²) in [6.45, 7) is 4.41. The van der Waals surface area contributed by atoms with Gasteiger partial charge in [0.25, 0.3) is 0 Å². The van der Waals surface area contributed by atoms with Crippen LogP contribution in [0.2, 0.25) is 0 Å². The number of hydrogen-bond acceptors (Lipinski definition) is 4. The summed E-state index contributed by atoms with van der Waals surface area (Å²) >= 11 is 0. The molecule has 0 saturated carbocycles. The van der Waals surface area contributed by atoms with Gasteiger partial charge in [0.2, 0.25) is 5.91 Å². The van der Waals surface area contributed by atoms with E-state index in [1.807, 2.05) is 25.1 Å². The van der Waals surface area contributed by atoms with Crippen molar-refractivity contribution in [3.05, 3.63) is 23.8 Å². The van der Waals surface area contributed by atoms with Gasteiger partial charge in [-0.3, -0.25) is 9.69 Å². The molecule has 23 heavy (non-hydrogen) atoms. The van der Waals surface area contributed by atoms with E-state index in [2.05, 4.69) is 15.5 Å². The molecule has 2 saturated heterocycles. The monoisotopic (exact) mass is 339 g/mol. The summed E-state index contributed by atoms with van der Waals surface area (Å²) in [5.41, 5.74) is 1.86. The molecule has 2 bridgehead atoms. The first-order chi connectivity index (χ1) is 10.6. The largest absolute Gasteiger partial charge is 0.495 e. The molecule has 2 heterocycles. The Hall–Kier alpha value is -1.30. The van der Waals surface area contributed by atoms with Crippen LogP contribution in [0.4, 0.5) is 5.69 Å². The maximum atomic E-state index is 12.3. The molecular formula is C17H26ClN3O2. The van der Waals surface area contributed by atoms with Crippen LogP contribution >= 0.6 is 12.4 Å². The third-order valence-electron chi connectivity index (χ3n) is 4.60. The molecule has 2 fully saturated rings. The number of rotatable bonds is 4. The van der Waals surface area contributed by atoms with E-state index in [1.54, 1.807) is 7.11 Å². The zero-order valence-corrected chi connectivity index (χ0v) is 14.6.